The minimum atomic E-state index is -4.87. The Bertz CT molecular complexity index is 3210. The first-order valence-electron chi connectivity index (χ1n) is 27.7. The lowest BCUT2D eigenvalue weighted by Crippen LogP contribution is -2.11. The summed E-state index contributed by atoms with van der Waals surface area (Å²) in [6.45, 7) is 26.6. The van der Waals surface area contributed by atoms with Crippen molar-refractivity contribution in [3.63, 3.8) is 0 Å². The van der Waals surface area contributed by atoms with Crippen LogP contribution in [0.15, 0.2) is 200 Å². The number of phosphoric acid groups is 1. The molecule has 0 bridgehead atoms. The molecule has 9 aromatic rings. The van der Waals surface area contributed by atoms with E-state index in [0.29, 0.717) is 17.2 Å². The third-order valence-corrected chi connectivity index (χ3v) is 16.1. The Labute approximate surface area is 459 Å². The predicted molar refractivity (Wildman–Crippen MR) is 326 cm³/mol. The fourth-order valence-corrected chi connectivity index (χ4v) is 12.5. The van der Waals surface area contributed by atoms with E-state index in [1.807, 2.05) is 36.4 Å². The van der Waals surface area contributed by atoms with Crippen LogP contribution in [-0.4, -0.2) is 0 Å². The largest absolute Gasteiger partial charge is 0.647 e. The van der Waals surface area contributed by atoms with Gasteiger partial charge < -0.3 is 13.6 Å². The molecule has 0 unspecified atom stereocenters. The molecule has 0 aliphatic heterocycles. The summed E-state index contributed by atoms with van der Waals surface area (Å²) < 4.78 is 39.4. The van der Waals surface area contributed by atoms with Crippen LogP contribution in [0.3, 0.4) is 0 Å². The molecule has 0 fully saturated rings. The van der Waals surface area contributed by atoms with Crippen LogP contribution in [0.2, 0.25) is 0 Å². The monoisotopic (exact) mass is 1030 g/mol. The summed E-state index contributed by atoms with van der Waals surface area (Å²) in [6, 6.07) is 69.4. The second-order valence-electron chi connectivity index (χ2n) is 22.2. The highest BCUT2D eigenvalue weighted by atomic mass is 31.2. The van der Waals surface area contributed by atoms with Crippen molar-refractivity contribution < 1.29 is 18.1 Å². The molecule has 77 heavy (non-hydrogen) atoms. The number of phosphoric ester groups is 1. The summed E-state index contributed by atoms with van der Waals surface area (Å²) in [5.41, 5.74) is 18.5. The van der Waals surface area contributed by atoms with E-state index in [0.717, 1.165) is 83.5 Å². The SMILES string of the molecule is CC(C)c1ccccc1-c1cccc(OP(=O)(Oc2cccc(-c3ccccc3C(C)C)c2-c2ccccc2C(C)C)Oc2cccc(-c3ccccc3C(C)C)c2-c2ccccc2C(C)C)c1-c1ccccc1C(C)C. The van der Waals surface area contributed by atoms with Crippen molar-refractivity contribution >= 4 is 7.82 Å². The Hall–Kier alpha value is -7.39. The van der Waals surface area contributed by atoms with Crippen LogP contribution in [0.4, 0.5) is 0 Å². The summed E-state index contributed by atoms with van der Waals surface area (Å²) in [4.78, 5) is 0. The van der Waals surface area contributed by atoms with Gasteiger partial charge >= 0.3 is 7.82 Å². The predicted octanol–water partition coefficient (Wildman–Crippen LogP) is 22.1. The normalized spacial score (nSPS) is 11.9. The van der Waals surface area contributed by atoms with Gasteiger partial charge in [-0.15, -0.1) is 0 Å². The van der Waals surface area contributed by atoms with Gasteiger partial charge in [-0.3, -0.25) is 0 Å². The lowest BCUT2D eigenvalue weighted by molar-refractivity contribution is 0.299. The Morgan fingerprint density at radius 2 is 0.416 bits per heavy atom. The molecule has 4 nitrogen and oxygen atoms in total. The van der Waals surface area contributed by atoms with Crippen LogP contribution >= 0.6 is 7.82 Å². The average Bonchev–Trinajstić information content (AvgIpc) is 3.44. The van der Waals surface area contributed by atoms with Crippen molar-refractivity contribution in [3.05, 3.63) is 234 Å². The molecule has 0 aromatic heterocycles. The maximum atomic E-state index is 17.3. The molecule has 9 aromatic carbocycles. The van der Waals surface area contributed by atoms with Crippen LogP contribution in [0.1, 0.15) is 152 Å². The Balaban J connectivity index is 1.38. The van der Waals surface area contributed by atoms with Gasteiger partial charge in [-0.05, 0) is 137 Å². The van der Waals surface area contributed by atoms with Crippen molar-refractivity contribution in [2.45, 2.75) is 119 Å². The van der Waals surface area contributed by atoms with E-state index in [-0.39, 0.29) is 35.5 Å². The van der Waals surface area contributed by atoms with Crippen LogP contribution in [0.25, 0.3) is 66.8 Å². The summed E-state index contributed by atoms with van der Waals surface area (Å²) in [7, 11) is -4.87. The molecule has 0 radical (unpaired) electrons. The van der Waals surface area contributed by atoms with Crippen molar-refractivity contribution in [1.82, 2.24) is 0 Å². The van der Waals surface area contributed by atoms with Gasteiger partial charge in [0.05, 0.1) is 0 Å². The van der Waals surface area contributed by atoms with E-state index in [1.54, 1.807) is 0 Å². The molecule has 0 atom stereocenters. The number of hydrogen-bond acceptors (Lipinski definition) is 4. The van der Waals surface area contributed by atoms with Crippen LogP contribution in [-0.2, 0) is 4.57 Å². The van der Waals surface area contributed by atoms with E-state index in [4.69, 9.17) is 13.6 Å². The highest BCUT2D eigenvalue weighted by molar-refractivity contribution is 7.49. The van der Waals surface area contributed by atoms with E-state index < -0.39 is 7.82 Å². The van der Waals surface area contributed by atoms with E-state index in [2.05, 4.69) is 247 Å². The standard InChI is InChI=1S/C72H75O4P/c1-46(2)52-28-13-19-34-58(52)64-40-25-43-67(70(64)61-37-22-16-31-55(61)49(7)8)74-77(73,75-68-44-26-41-65(59-35-20-14-29-53(59)47(3)4)71(68)62-38-23-17-32-56(62)50(9)10)76-69-45-27-42-66(60-36-21-15-30-54(60)48(5)6)72(69)63-39-24-18-33-57(63)51(11)12/h13-51H,1-12H3. The number of hydrogen-bond donors (Lipinski definition) is 0. The molecule has 0 saturated carbocycles. The van der Waals surface area contributed by atoms with Gasteiger partial charge in [-0.25, -0.2) is 0 Å². The molecule has 0 spiro atoms. The molecule has 0 aliphatic rings. The van der Waals surface area contributed by atoms with Crippen molar-refractivity contribution in [1.29, 1.82) is 0 Å². The van der Waals surface area contributed by atoms with Crippen LogP contribution in [0.5, 0.6) is 17.2 Å². The third kappa shape index (κ3) is 11.4. The summed E-state index contributed by atoms with van der Waals surface area (Å²) in [5.74, 6) is 2.30. The second-order valence-corrected chi connectivity index (χ2v) is 23.7. The third-order valence-electron chi connectivity index (χ3n) is 14.9. The van der Waals surface area contributed by atoms with Crippen molar-refractivity contribution in [3.8, 4) is 84.0 Å². The zero-order valence-corrected chi connectivity index (χ0v) is 48.0. The molecule has 5 heteroatoms. The van der Waals surface area contributed by atoms with Gasteiger partial charge in [0.15, 0.2) is 0 Å². The zero-order valence-electron chi connectivity index (χ0n) is 47.1. The van der Waals surface area contributed by atoms with Crippen molar-refractivity contribution in [2.75, 3.05) is 0 Å². The summed E-state index contributed by atoms with van der Waals surface area (Å²) in [5, 5.41) is 0. The Morgan fingerprint density at radius 3 is 0.636 bits per heavy atom. The fourth-order valence-electron chi connectivity index (χ4n) is 11.2. The number of benzene rings is 9. The Kier molecular flexibility index (Phi) is 16.6. The number of rotatable bonds is 18. The maximum absolute atomic E-state index is 17.3. The Morgan fingerprint density at radius 1 is 0.234 bits per heavy atom. The van der Waals surface area contributed by atoms with Gasteiger partial charge in [0.25, 0.3) is 0 Å². The molecule has 0 saturated heterocycles. The molecule has 0 N–H and O–H groups in total. The fraction of sp³-hybridized carbons (Fsp3) is 0.250. The van der Waals surface area contributed by atoms with Gasteiger partial charge in [0.1, 0.15) is 17.2 Å². The van der Waals surface area contributed by atoms with E-state index >= 15 is 4.57 Å². The average molecular weight is 1040 g/mol. The summed E-state index contributed by atoms with van der Waals surface area (Å²) in [6.07, 6.45) is 0. The molecular weight excluding hydrogens is 960 g/mol. The minimum Gasteiger partial charge on any atom is -0.385 e. The van der Waals surface area contributed by atoms with Gasteiger partial charge in [-0.2, -0.15) is 4.57 Å². The molecular formula is C72H75O4P. The van der Waals surface area contributed by atoms with E-state index in [1.165, 1.54) is 16.7 Å². The first-order chi connectivity index (χ1) is 37.1. The lowest BCUT2D eigenvalue weighted by atomic mass is 9.85. The highest BCUT2D eigenvalue weighted by Crippen LogP contribution is 2.58. The lowest BCUT2D eigenvalue weighted by Gasteiger charge is -2.27. The van der Waals surface area contributed by atoms with Gasteiger partial charge in [0.2, 0.25) is 0 Å². The summed E-state index contributed by atoms with van der Waals surface area (Å²) >= 11 is 0. The molecule has 0 heterocycles. The first-order valence-corrected chi connectivity index (χ1v) is 29.2. The van der Waals surface area contributed by atoms with Gasteiger partial charge in [-0.1, -0.05) is 265 Å². The quantitative estimate of drug-likeness (QED) is 0.0804. The van der Waals surface area contributed by atoms with E-state index in [9.17, 15) is 0 Å². The van der Waals surface area contributed by atoms with Crippen LogP contribution < -0.4 is 13.6 Å². The minimum absolute atomic E-state index is 0.159. The maximum Gasteiger partial charge on any atom is 0.647 e. The highest BCUT2D eigenvalue weighted by Gasteiger charge is 2.39. The topological polar surface area (TPSA) is 44.8 Å². The second kappa shape index (κ2) is 23.5. The molecule has 392 valence electrons. The molecule has 0 aliphatic carbocycles. The van der Waals surface area contributed by atoms with Gasteiger partial charge in [0, 0.05) is 16.7 Å². The first kappa shape index (κ1) is 54.4. The molecule has 0 amide bonds. The van der Waals surface area contributed by atoms with Crippen molar-refractivity contribution in [2.24, 2.45) is 0 Å². The smallest absolute Gasteiger partial charge is 0.385 e. The zero-order chi connectivity index (χ0) is 54.5. The van der Waals surface area contributed by atoms with Crippen LogP contribution in [0, 0.1) is 0 Å². The molecule has 9 rings (SSSR count).